The van der Waals surface area contributed by atoms with Crippen molar-refractivity contribution in [2.24, 2.45) is 0 Å². The van der Waals surface area contributed by atoms with Gasteiger partial charge in [0.1, 0.15) is 5.56 Å². The van der Waals surface area contributed by atoms with Crippen LogP contribution in [-0.2, 0) is 11.2 Å². The predicted octanol–water partition coefficient (Wildman–Crippen LogP) is 4.42. The molecule has 1 amide bonds. The molecule has 3 rings (SSSR count). The highest BCUT2D eigenvalue weighted by atomic mass is 16.5. The van der Waals surface area contributed by atoms with Crippen molar-refractivity contribution < 1.29 is 14.3 Å². The summed E-state index contributed by atoms with van der Waals surface area (Å²) < 4.78 is 5.21. The fraction of sp³-hybridized carbons (Fsp3) is 0.261. The number of hydrogen-bond donors (Lipinski definition) is 1. The Balaban J connectivity index is 2.16. The predicted molar refractivity (Wildman–Crippen MR) is 115 cm³/mol. The van der Waals surface area contributed by atoms with Gasteiger partial charge in [-0.2, -0.15) is 0 Å². The van der Waals surface area contributed by atoms with E-state index in [1.165, 1.54) is 16.7 Å². The molecule has 29 heavy (non-hydrogen) atoms. The summed E-state index contributed by atoms with van der Waals surface area (Å²) in [4.78, 5) is 30.9. The molecule has 0 saturated carbocycles. The van der Waals surface area contributed by atoms with Gasteiger partial charge in [-0.05, 0) is 49.2 Å². The molecule has 0 atom stereocenters. The lowest BCUT2D eigenvalue weighted by Gasteiger charge is -2.16. The van der Waals surface area contributed by atoms with Crippen LogP contribution in [0.5, 0.6) is 0 Å². The summed E-state index contributed by atoms with van der Waals surface area (Å²) in [5.41, 5.74) is 4.17. The average molecular weight is 391 g/mol. The van der Waals surface area contributed by atoms with Crippen molar-refractivity contribution in [3.63, 3.8) is 0 Å². The first-order valence-electron chi connectivity index (χ1n) is 9.62. The fourth-order valence-electron chi connectivity index (χ4n) is 3.05. The van der Waals surface area contributed by atoms with E-state index in [-0.39, 0.29) is 12.5 Å². The van der Waals surface area contributed by atoms with Gasteiger partial charge in [0.2, 0.25) is 0 Å². The number of benzene rings is 2. The zero-order chi connectivity index (χ0) is 21.0. The second kappa shape index (κ2) is 8.73. The van der Waals surface area contributed by atoms with Crippen LogP contribution in [0.15, 0.2) is 48.7 Å². The minimum Gasteiger partial charge on any atom is -0.462 e. The second-order valence-corrected chi connectivity index (χ2v) is 6.87. The Labute approximate surface area is 170 Å². The largest absolute Gasteiger partial charge is 0.462 e. The summed E-state index contributed by atoms with van der Waals surface area (Å²) in [6.45, 7) is 4.12. The van der Waals surface area contributed by atoms with Crippen LogP contribution in [0.3, 0.4) is 0 Å². The Hall–Kier alpha value is -3.41. The average Bonchev–Trinajstić information content (AvgIpc) is 2.73. The molecule has 0 unspecified atom stereocenters. The number of pyridine rings is 1. The maximum atomic E-state index is 12.5. The lowest BCUT2D eigenvalue weighted by molar-refractivity contribution is 0.0527. The maximum Gasteiger partial charge on any atom is 0.341 e. The van der Waals surface area contributed by atoms with E-state index in [0.29, 0.717) is 27.7 Å². The van der Waals surface area contributed by atoms with Gasteiger partial charge in [-0.3, -0.25) is 9.78 Å². The Bertz CT molecular complexity index is 1040. The van der Waals surface area contributed by atoms with Gasteiger partial charge in [-0.25, -0.2) is 4.79 Å². The van der Waals surface area contributed by atoms with E-state index in [2.05, 4.69) is 17.2 Å². The first-order chi connectivity index (χ1) is 13.9. The van der Waals surface area contributed by atoms with Crippen molar-refractivity contribution in [3.05, 3.63) is 65.4 Å². The maximum absolute atomic E-state index is 12.5. The number of amides is 1. The SMILES string of the molecule is CCOC(=O)c1cnc2ccc(C(=O)N(C)C)cc2c1Nc1ccc(CC)cc1. The lowest BCUT2D eigenvalue weighted by atomic mass is 10.0. The second-order valence-electron chi connectivity index (χ2n) is 6.87. The van der Waals surface area contributed by atoms with Crippen molar-refractivity contribution in [3.8, 4) is 0 Å². The van der Waals surface area contributed by atoms with Crippen LogP contribution in [-0.4, -0.2) is 42.5 Å². The van der Waals surface area contributed by atoms with Crippen molar-refractivity contribution in [2.45, 2.75) is 20.3 Å². The molecule has 6 nitrogen and oxygen atoms in total. The van der Waals surface area contributed by atoms with Crippen LogP contribution in [0.1, 0.15) is 40.1 Å². The van der Waals surface area contributed by atoms with Gasteiger partial charge in [0.25, 0.3) is 5.91 Å². The Morgan fingerprint density at radius 2 is 1.79 bits per heavy atom. The number of carbonyl (C=O) groups is 2. The standard InChI is InChI=1S/C23H25N3O3/c1-5-15-7-10-17(11-8-15)25-21-18-13-16(22(27)26(3)4)9-12-20(18)24-14-19(21)23(28)29-6-2/h7-14H,5-6H2,1-4H3,(H,24,25). The van der Waals surface area contributed by atoms with Crippen LogP contribution >= 0.6 is 0 Å². The van der Waals surface area contributed by atoms with Crippen LogP contribution < -0.4 is 5.32 Å². The monoisotopic (exact) mass is 391 g/mol. The van der Waals surface area contributed by atoms with E-state index < -0.39 is 5.97 Å². The minimum absolute atomic E-state index is 0.119. The minimum atomic E-state index is -0.459. The molecule has 0 saturated heterocycles. The summed E-state index contributed by atoms with van der Waals surface area (Å²) >= 11 is 0. The Morgan fingerprint density at radius 1 is 1.07 bits per heavy atom. The number of ether oxygens (including phenoxy) is 1. The number of aromatic nitrogens is 1. The molecule has 0 radical (unpaired) electrons. The number of nitrogens with one attached hydrogen (secondary N) is 1. The number of carbonyl (C=O) groups excluding carboxylic acids is 2. The zero-order valence-electron chi connectivity index (χ0n) is 17.2. The summed E-state index contributed by atoms with van der Waals surface area (Å²) in [5, 5.41) is 4.02. The van der Waals surface area contributed by atoms with Gasteiger partial charge in [0, 0.05) is 36.9 Å². The van der Waals surface area contributed by atoms with Crippen molar-refractivity contribution in [2.75, 3.05) is 26.0 Å². The fourth-order valence-corrected chi connectivity index (χ4v) is 3.05. The number of hydrogen-bond acceptors (Lipinski definition) is 5. The third-order valence-corrected chi connectivity index (χ3v) is 4.65. The van der Waals surface area contributed by atoms with Gasteiger partial charge in [0.05, 0.1) is 17.8 Å². The molecule has 0 bridgehead atoms. The van der Waals surface area contributed by atoms with Crippen molar-refractivity contribution in [1.82, 2.24) is 9.88 Å². The smallest absolute Gasteiger partial charge is 0.341 e. The molecule has 2 aromatic carbocycles. The third-order valence-electron chi connectivity index (χ3n) is 4.65. The van der Waals surface area contributed by atoms with E-state index >= 15 is 0 Å². The summed E-state index contributed by atoms with van der Waals surface area (Å²) in [7, 11) is 3.41. The molecular weight excluding hydrogens is 366 g/mol. The van der Waals surface area contributed by atoms with Crippen molar-refractivity contribution in [1.29, 1.82) is 0 Å². The first-order valence-corrected chi connectivity index (χ1v) is 9.62. The topological polar surface area (TPSA) is 71.5 Å². The van der Waals surface area contributed by atoms with Crippen LogP contribution in [0, 0.1) is 0 Å². The molecule has 0 fully saturated rings. The summed E-state index contributed by atoms with van der Waals surface area (Å²) in [6, 6.07) is 13.3. The highest BCUT2D eigenvalue weighted by Crippen LogP contribution is 2.31. The first kappa shape index (κ1) is 20.3. The van der Waals surface area contributed by atoms with Crippen LogP contribution in [0.2, 0.25) is 0 Å². The number of aryl methyl sites for hydroxylation is 1. The molecule has 1 N–H and O–H groups in total. The Morgan fingerprint density at radius 3 is 2.41 bits per heavy atom. The molecule has 0 spiro atoms. The highest BCUT2D eigenvalue weighted by molar-refractivity contribution is 6.08. The molecule has 6 heteroatoms. The van der Waals surface area contributed by atoms with E-state index in [1.807, 2.05) is 24.3 Å². The molecule has 1 aromatic heterocycles. The van der Waals surface area contributed by atoms with Gasteiger partial charge in [0.15, 0.2) is 0 Å². The van der Waals surface area contributed by atoms with E-state index in [1.54, 1.807) is 39.2 Å². The Kier molecular flexibility index (Phi) is 6.12. The van der Waals surface area contributed by atoms with E-state index in [9.17, 15) is 9.59 Å². The molecule has 150 valence electrons. The van der Waals surface area contributed by atoms with Gasteiger partial charge >= 0.3 is 5.97 Å². The molecular formula is C23H25N3O3. The highest BCUT2D eigenvalue weighted by Gasteiger charge is 2.19. The number of anilines is 2. The molecule has 0 aliphatic carbocycles. The molecule has 3 aromatic rings. The summed E-state index contributed by atoms with van der Waals surface area (Å²) in [6.07, 6.45) is 2.46. The number of rotatable bonds is 6. The number of esters is 1. The lowest BCUT2D eigenvalue weighted by Crippen LogP contribution is -2.21. The van der Waals surface area contributed by atoms with Crippen LogP contribution in [0.25, 0.3) is 10.9 Å². The number of nitrogens with zero attached hydrogens (tertiary/aromatic N) is 2. The van der Waals surface area contributed by atoms with Gasteiger partial charge < -0.3 is 15.0 Å². The number of fused-ring (bicyclic) bond motifs is 1. The van der Waals surface area contributed by atoms with Gasteiger partial charge in [-0.15, -0.1) is 0 Å². The molecule has 1 heterocycles. The normalized spacial score (nSPS) is 10.6. The van der Waals surface area contributed by atoms with Gasteiger partial charge in [-0.1, -0.05) is 19.1 Å². The summed E-state index contributed by atoms with van der Waals surface area (Å²) in [5.74, 6) is -0.578. The quantitative estimate of drug-likeness (QED) is 0.630. The van der Waals surface area contributed by atoms with Crippen LogP contribution in [0.4, 0.5) is 11.4 Å². The zero-order valence-corrected chi connectivity index (χ0v) is 17.2. The third kappa shape index (κ3) is 4.37. The van der Waals surface area contributed by atoms with Crippen molar-refractivity contribution >= 4 is 34.2 Å². The van der Waals surface area contributed by atoms with E-state index in [0.717, 1.165) is 12.1 Å². The van der Waals surface area contributed by atoms with E-state index in [4.69, 9.17) is 4.74 Å². The molecule has 0 aliphatic rings. The molecule has 0 aliphatic heterocycles.